The number of carbonyl (C=O) groups excluding carboxylic acids is 1. The number of para-hydroxylation sites is 1. The van der Waals surface area contributed by atoms with Gasteiger partial charge in [-0.3, -0.25) is 0 Å². The van der Waals surface area contributed by atoms with E-state index in [0.29, 0.717) is 0 Å². The first-order valence-corrected chi connectivity index (χ1v) is 8.64. The first-order chi connectivity index (χ1) is 12.7. The lowest BCUT2D eigenvalue weighted by molar-refractivity contribution is -0.139. The fourth-order valence-corrected chi connectivity index (χ4v) is 2.63. The summed E-state index contributed by atoms with van der Waals surface area (Å²) >= 11 is 0. The van der Waals surface area contributed by atoms with Crippen LogP contribution >= 0.6 is 0 Å². The Morgan fingerprint density at radius 2 is 1.81 bits per heavy atom. The van der Waals surface area contributed by atoms with Crippen LogP contribution in [0.4, 0.5) is 4.79 Å². The van der Waals surface area contributed by atoms with Crippen molar-refractivity contribution in [3.05, 3.63) is 54.1 Å². The standard InChI is InChI=1S/C21H25NO5/c1-21(2,3)27-20(25)22-17(19(23)24)13-14-8-7-9-15(12-14)16-10-5-6-11-18(16)26-4/h5-12,17H,13H2,1-4H3,(H,22,25)(H,23,24)/t17-/m0/s1. The summed E-state index contributed by atoms with van der Waals surface area (Å²) in [4.78, 5) is 23.5. The minimum atomic E-state index is -1.12. The SMILES string of the molecule is COc1ccccc1-c1cccc(C[C@H](NC(=O)OC(C)(C)C)C(=O)O)c1. The zero-order chi connectivity index (χ0) is 20.0. The van der Waals surface area contributed by atoms with E-state index in [0.717, 1.165) is 22.4 Å². The molecule has 0 unspecified atom stereocenters. The summed E-state index contributed by atoms with van der Waals surface area (Å²) in [5, 5.41) is 11.9. The molecule has 2 aromatic carbocycles. The molecule has 0 aliphatic carbocycles. The fraction of sp³-hybridized carbons (Fsp3) is 0.333. The maximum absolute atomic E-state index is 11.9. The molecule has 27 heavy (non-hydrogen) atoms. The van der Waals surface area contributed by atoms with E-state index >= 15 is 0 Å². The molecule has 1 amide bonds. The molecule has 2 aromatic rings. The number of hydrogen-bond donors (Lipinski definition) is 2. The van der Waals surface area contributed by atoms with Crippen LogP contribution < -0.4 is 10.1 Å². The molecule has 0 aliphatic rings. The van der Waals surface area contributed by atoms with Crippen molar-refractivity contribution >= 4 is 12.1 Å². The van der Waals surface area contributed by atoms with Gasteiger partial charge in [0.15, 0.2) is 0 Å². The summed E-state index contributed by atoms with van der Waals surface area (Å²) in [6, 6.07) is 14.0. The normalized spacial score (nSPS) is 12.1. The molecule has 0 radical (unpaired) electrons. The molecule has 2 N–H and O–H groups in total. The van der Waals surface area contributed by atoms with Gasteiger partial charge in [-0.25, -0.2) is 9.59 Å². The van der Waals surface area contributed by atoms with E-state index in [1.54, 1.807) is 27.9 Å². The molecule has 0 heterocycles. The van der Waals surface area contributed by atoms with Gasteiger partial charge in [0.1, 0.15) is 17.4 Å². The van der Waals surface area contributed by atoms with Crippen LogP contribution in [0.1, 0.15) is 26.3 Å². The molecule has 0 aromatic heterocycles. The molecule has 0 fully saturated rings. The topological polar surface area (TPSA) is 84.9 Å². The van der Waals surface area contributed by atoms with Crippen molar-refractivity contribution in [1.29, 1.82) is 0 Å². The van der Waals surface area contributed by atoms with E-state index in [2.05, 4.69) is 5.32 Å². The number of rotatable bonds is 6. The van der Waals surface area contributed by atoms with Gasteiger partial charge in [-0.15, -0.1) is 0 Å². The van der Waals surface area contributed by atoms with Crippen LogP contribution in [-0.4, -0.2) is 35.9 Å². The minimum Gasteiger partial charge on any atom is -0.496 e. The second-order valence-corrected chi connectivity index (χ2v) is 7.14. The predicted molar refractivity (Wildman–Crippen MR) is 103 cm³/mol. The summed E-state index contributed by atoms with van der Waals surface area (Å²) in [5.74, 6) is -0.389. The summed E-state index contributed by atoms with van der Waals surface area (Å²) in [6.07, 6.45) is -0.617. The number of aliphatic carboxylic acids is 1. The molecule has 0 aliphatic heterocycles. The zero-order valence-corrected chi connectivity index (χ0v) is 16.0. The number of alkyl carbamates (subject to hydrolysis) is 1. The van der Waals surface area contributed by atoms with Crippen molar-refractivity contribution in [2.75, 3.05) is 7.11 Å². The van der Waals surface area contributed by atoms with Crippen molar-refractivity contribution in [3.8, 4) is 16.9 Å². The second kappa shape index (κ2) is 8.58. The van der Waals surface area contributed by atoms with E-state index in [9.17, 15) is 14.7 Å². The maximum Gasteiger partial charge on any atom is 0.408 e. The number of carbonyl (C=O) groups is 2. The van der Waals surface area contributed by atoms with Gasteiger partial charge < -0.3 is 19.9 Å². The van der Waals surface area contributed by atoms with Gasteiger partial charge >= 0.3 is 12.1 Å². The molecule has 0 saturated heterocycles. The molecule has 6 nitrogen and oxygen atoms in total. The van der Waals surface area contributed by atoms with Gasteiger partial charge in [-0.1, -0.05) is 42.5 Å². The zero-order valence-electron chi connectivity index (χ0n) is 16.0. The molecule has 2 rings (SSSR count). The number of nitrogens with one attached hydrogen (secondary N) is 1. The van der Waals surface area contributed by atoms with Crippen LogP contribution in [0.5, 0.6) is 5.75 Å². The van der Waals surface area contributed by atoms with Crippen LogP contribution in [0.25, 0.3) is 11.1 Å². The number of hydrogen-bond acceptors (Lipinski definition) is 4. The summed E-state index contributed by atoms with van der Waals surface area (Å²) in [6.45, 7) is 5.16. The minimum absolute atomic E-state index is 0.136. The lowest BCUT2D eigenvalue weighted by atomic mass is 9.99. The maximum atomic E-state index is 11.9. The van der Waals surface area contributed by atoms with Crippen LogP contribution in [-0.2, 0) is 16.0 Å². The Bertz CT molecular complexity index is 810. The molecule has 144 valence electrons. The first-order valence-electron chi connectivity index (χ1n) is 8.64. The predicted octanol–water partition coefficient (Wildman–Crippen LogP) is 3.88. The molecule has 1 atom stereocenters. The molecule has 0 spiro atoms. The van der Waals surface area contributed by atoms with Crippen LogP contribution in [0.15, 0.2) is 48.5 Å². The third-order valence-electron chi connectivity index (χ3n) is 3.77. The van der Waals surface area contributed by atoms with Crippen molar-refractivity contribution in [2.45, 2.75) is 38.8 Å². The average molecular weight is 371 g/mol. The van der Waals surface area contributed by atoms with E-state index < -0.39 is 23.7 Å². The average Bonchev–Trinajstić information content (AvgIpc) is 2.59. The number of carboxylic acid groups (broad SMARTS) is 1. The smallest absolute Gasteiger partial charge is 0.408 e. The second-order valence-electron chi connectivity index (χ2n) is 7.14. The lowest BCUT2D eigenvalue weighted by Crippen LogP contribution is -2.44. The molecular formula is C21H25NO5. The quantitative estimate of drug-likeness (QED) is 0.805. The lowest BCUT2D eigenvalue weighted by Gasteiger charge is -2.22. The first kappa shape index (κ1) is 20.3. The van der Waals surface area contributed by atoms with Crippen molar-refractivity contribution in [2.24, 2.45) is 0 Å². The largest absolute Gasteiger partial charge is 0.496 e. The van der Waals surface area contributed by atoms with Crippen molar-refractivity contribution in [3.63, 3.8) is 0 Å². The van der Waals surface area contributed by atoms with Crippen molar-refractivity contribution in [1.82, 2.24) is 5.32 Å². The van der Waals surface area contributed by atoms with Crippen LogP contribution in [0, 0.1) is 0 Å². The van der Waals surface area contributed by atoms with Gasteiger partial charge in [0.25, 0.3) is 0 Å². The highest BCUT2D eigenvalue weighted by atomic mass is 16.6. The summed E-state index contributed by atoms with van der Waals surface area (Å²) in [5.41, 5.74) is 1.90. The van der Waals surface area contributed by atoms with E-state index in [1.165, 1.54) is 0 Å². The number of ether oxygens (including phenoxy) is 2. The van der Waals surface area contributed by atoms with Crippen molar-refractivity contribution < 1.29 is 24.2 Å². The molecule has 0 bridgehead atoms. The van der Waals surface area contributed by atoms with E-state index in [4.69, 9.17) is 9.47 Å². The monoisotopic (exact) mass is 371 g/mol. The Morgan fingerprint density at radius 3 is 2.44 bits per heavy atom. The Balaban J connectivity index is 2.19. The number of carboxylic acids is 1. The number of methoxy groups -OCH3 is 1. The highest BCUT2D eigenvalue weighted by Crippen LogP contribution is 2.30. The molecular weight excluding hydrogens is 346 g/mol. The van der Waals surface area contributed by atoms with Gasteiger partial charge in [0.2, 0.25) is 0 Å². The highest BCUT2D eigenvalue weighted by molar-refractivity contribution is 5.80. The number of amides is 1. The Kier molecular flexibility index (Phi) is 6.45. The van der Waals surface area contributed by atoms with E-state index in [-0.39, 0.29) is 6.42 Å². The van der Waals surface area contributed by atoms with Gasteiger partial charge in [-0.05, 0) is 38.0 Å². The van der Waals surface area contributed by atoms with Crippen LogP contribution in [0.2, 0.25) is 0 Å². The highest BCUT2D eigenvalue weighted by Gasteiger charge is 2.24. The fourth-order valence-electron chi connectivity index (χ4n) is 2.63. The summed E-state index contributed by atoms with van der Waals surface area (Å²) < 4.78 is 10.5. The van der Waals surface area contributed by atoms with E-state index in [1.807, 2.05) is 48.5 Å². The number of benzene rings is 2. The van der Waals surface area contributed by atoms with Gasteiger partial charge in [0.05, 0.1) is 7.11 Å². The molecule has 6 heteroatoms. The van der Waals surface area contributed by atoms with Crippen LogP contribution in [0.3, 0.4) is 0 Å². The van der Waals surface area contributed by atoms with Gasteiger partial charge in [0, 0.05) is 12.0 Å². The Labute approximate surface area is 159 Å². The molecule has 0 saturated carbocycles. The Hall–Kier alpha value is -3.02. The third-order valence-corrected chi connectivity index (χ3v) is 3.77. The third kappa shape index (κ3) is 6.02. The Morgan fingerprint density at radius 1 is 1.11 bits per heavy atom. The van der Waals surface area contributed by atoms with Gasteiger partial charge in [-0.2, -0.15) is 0 Å². The summed E-state index contributed by atoms with van der Waals surface area (Å²) in [7, 11) is 1.61.